The summed E-state index contributed by atoms with van der Waals surface area (Å²) in [5.41, 5.74) is 0.692. The van der Waals surface area contributed by atoms with Crippen molar-refractivity contribution in [1.29, 1.82) is 0 Å². The van der Waals surface area contributed by atoms with E-state index in [0.717, 1.165) is 0 Å². The lowest BCUT2D eigenvalue weighted by Crippen LogP contribution is -2.32. The van der Waals surface area contributed by atoms with Crippen LogP contribution in [0.4, 0.5) is 5.69 Å². The number of rotatable bonds is 0. The van der Waals surface area contributed by atoms with Crippen LogP contribution in [-0.4, -0.2) is 20.2 Å². The van der Waals surface area contributed by atoms with Gasteiger partial charge in [-0.25, -0.2) is 8.42 Å². The molecule has 0 aromatic heterocycles. The van der Waals surface area contributed by atoms with Crippen molar-refractivity contribution < 1.29 is 8.42 Å². The molecule has 1 aromatic carbocycles. The van der Waals surface area contributed by atoms with Gasteiger partial charge in [-0.15, -0.1) is 0 Å². The fraction of sp³-hybridized carbons (Fsp3) is 0.333. The van der Waals surface area contributed by atoms with Gasteiger partial charge in [0, 0.05) is 11.0 Å². The molecule has 1 aliphatic rings. The van der Waals surface area contributed by atoms with E-state index in [1.807, 2.05) is 6.07 Å². The van der Waals surface area contributed by atoms with E-state index in [2.05, 4.69) is 21.2 Å². The smallest absolute Gasteiger partial charge is 0.185 e. The fourth-order valence-electron chi connectivity index (χ4n) is 1.50. The Morgan fingerprint density at radius 3 is 2.93 bits per heavy atom. The highest BCUT2D eigenvalue weighted by Crippen LogP contribution is 2.35. The van der Waals surface area contributed by atoms with E-state index in [1.165, 1.54) is 0 Å². The topological polar surface area (TPSA) is 46.2 Å². The molecule has 1 aliphatic heterocycles. The molecule has 0 radical (unpaired) electrons. The molecule has 1 unspecified atom stereocenters. The number of hydrogen-bond donors (Lipinski definition) is 1. The minimum absolute atomic E-state index is 0.367. The molecule has 3 nitrogen and oxygen atoms in total. The van der Waals surface area contributed by atoms with Crippen molar-refractivity contribution in [1.82, 2.24) is 0 Å². The minimum atomic E-state index is -3.16. The summed E-state index contributed by atoms with van der Waals surface area (Å²) in [6.45, 7) is 2.19. The second-order valence-electron chi connectivity index (χ2n) is 3.35. The highest BCUT2D eigenvalue weighted by atomic mass is 79.9. The minimum Gasteiger partial charge on any atom is -0.383 e. The summed E-state index contributed by atoms with van der Waals surface area (Å²) in [6, 6.07) is 5.35. The maximum atomic E-state index is 12.0. The molecule has 1 aromatic rings. The van der Waals surface area contributed by atoms with Crippen molar-refractivity contribution in [3.05, 3.63) is 22.7 Å². The number of halogens is 1. The van der Waals surface area contributed by atoms with Crippen LogP contribution in [0.2, 0.25) is 0 Å². The zero-order valence-electron chi connectivity index (χ0n) is 7.62. The number of benzene rings is 1. The van der Waals surface area contributed by atoms with Gasteiger partial charge in [0.25, 0.3) is 0 Å². The summed E-state index contributed by atoms with van der Waals surface area (Å²) in [4.78, 5) is 0.388. The Bertz CT molecular complexity index is 470. The molecule has 5 heteroatoms. The molecule has 1 heterocycles. The molecule has 2 rings (SSSR count). The molecule has 0 fully saturated rings. The molecule has 0 bridgehead atoms. The van der Waals surface area contributed by atoms with Crippen LogP contribution in [-0.2, 0) is 9.84 Å². The number of nitrogens with one attached hydrogen (secondary N) is 1. The third-order valence-electron chi connectivity index (χ3n) is 2.36. The predicted molar refractivity (Wildman–Crippen MR) is 59.3 cm³/mol. The standard InChI is InChI=1S/C9H10BrNO2S/c1-6-5-11-8-4-2-3-7(10)9(8)14(6,12)13/h2-4,6,11H,5H2,1H3. The summed E-state index contributed by atoms with van der Waals surface area (Å²) in [5.74, 6) is 0. The van der Waals surface area contributed by atoms with Crippen molar-refractivity contribution >= 4 is 31.5 Å². The van der Waals surface area contributed by atoms with Crippen molar-refractivity contribution in [3.63, 3.8) is 0 Å². The van der Waals surface area contributed by atoms with E-state index in [0.29, 0.717) is 21.6 Å². The van der Waals surface area contributed by atoms with Crippen LogP contribution in [0.15, 0.2) is 27.6 Å². The van der Waals surface area contributed by atoms with Crippen LogP contribution in [0.3, 0.4) is 0 Å². The highest BCUT2D eigenvalue weighted by Gasteiger charge is 2.32. The lowest BCUT2D eigenvalue weighted by atomic mass is 10.3. The molecular weight excluding hydrogens is 266 g/mol. The summed E-state index contributed by atoms with van der Waals surface area (Å²) >= 11 is 3.27. The van der Waals surface area contributed by atoms with Crippen LogP contribution in [0.5, 0.6) is 0 Å². The third kappa shape index (κ3) is 1.35. The van der Waals surface area contributed by atoms with Crippen LogP contribution in [0.1, 0.15) is 6.92 Å². The van der Waals surface area contributed by atoms with Crippen molar-refractivity contribution in [2.75, 3.05) is 11.9 Å². The van der Waals surface area contributed by atoms with E-state index in [9.17, 15) is 8.42 Å². The van der Waals surface area contributed by atoms with Gasteiger partial charge >= 0.3 is 0 Å². The molecule has 1 N–H and O–H groups in total. The van der Waals surface area contributed by atoms with Crippen molar-refractivity contribution in [2.45, 2.75) is 17.1 Å². The Labute approximate surface area is 91.6 Å². The Hall–Kier alpha value is -0.550. The zero-order chi connectivity index (χ0) is 10.3. The lowest BCUT2D eigenvalue weighted by molar-refractivity contribution is 0.582. The van der Waals surface area contributed by atoms with Crippen LogP contribution >= 0.6 is 15.9 Å². The van der Waals surface area contributed by atoms with Gasteiger partial charge in [-0.3, -0.25) is 0 Å². The first-order valence-electron chi connectivity index (χ1n) is 4.30. The molecule has 0 spiro atoms. The Balaban J connectivity index is 2.74. The normalized spacial score (nSPS) is 23.7. The Kier molecular flexibility index (Phi) is 2.31. The van der Waals surface area contributed by atoms with Crippen LogP contribution < -0.4 is 5.32 Å². The highest BCUT2D eigenvalue weighted by molar-refractivity contribution is 9.10. The largest absolute Gasteiger partial charge is 0.383 e. The zero-order valence-corrected chi connectivity index (χ0v) is 10.0. The molecule has 1 atom stereocenters. The first-order valence-corrected chi connectivity index (χ1v) is 6.63. The van der Waals surface area contributed by atoms with Gasteiger partial charge in [0.15, 0.2) is 9.84 Å². The SMILES string of the molecule is CC1CNc2cccc(Br)c2S1(=O)=O. The average Bonchev–Trinajstić information content (AvgIpc) is 2.11. The van der Waals surface area contributed by atoms with Gasteiger partial charge in [-0.1, -0.05) is 6.07 Å². The van der Waals surface area contributed by atoms with E-state index in [4.69, 9.17) is 0 Å². The van der Waals surface area contributed by atoms with E-state index in [-0.39, 0.29) is 5.25 Å². The quantitative estimate of drug-likeness (QED) is 0.788. The summed E-state index contributed by atoms with van der Waals surface area (Å²) < 4.78 is 24.5. The monoisotopic (exact) mass is 275 g/mol. The van der Waals surface area contributed by atoms with Gasteiger partial charge < -0.3 is 5.32 Å². The predicted octanol–water partition coefficient (Wildman–Crippen LogP) is 2.04. The van der Waals surface area contributed by atoms with E-state index < -0.39 is 9.84 Å². The molecule has 0 saturated heterocycles. The number of fused-ring (bicyclic) bond motifs is 1. The summed E-state index contributed by atoms with van der Waals surface area (Å²) in [6.07, 6.45) is 0. The average molecular weight is 276 g/mol. The molecule has 0 amide bonds. The Morgan fingerprint density at radius 2 is 2.21 bits per heavy atom. The van der Waals surface area contributed by atoms with Crippen molar-refractivity contribution in [3.8, 4) is 0 Å². The molecule has 14 heavy (non-hydrogen) atoms. The maximum absolute atomic E-state index is 12.0. The molecule has 76 valence electrons. The number of anilines is 1. The maximum Gasteiger partial charge on any atom is 0.185 e. The van der Waals surface area contributed by atoms with E-state index >= 15 is 0 Å². The van der Waals surface area contributed by atoms with E-state index in [1.54, 1.807) is 19.1 Å². The summed E-state index contributed by atoms with van der Waals surface area (Å²) in [5, 5.41) is 2.73. The Morgan fingerprint density at radius 1 is 1.50 bits per heavy atom. The fourth-order valence-corrected chi connectivity index (χ4v) is 4.04. The second-order valence-corrected chi connectivity index (χ2v) is 6.51. The van der Waals surface area contributed by atoms with Gasteiger partial charge in [-0.2, -0.15) is 0 Å². The molecule has 0 saturated carbocycles. The van der Waals surface area contributed by atoms with Crippen LogP contribution in [0.25, 0.3) is 0 Å². The first-order chi connectivity index (χ1) is 6.53. The van der Waals surface area contributed by atoms with Crippen molar-refractivity contribution in [2.24, 2.45) is 0 Å². The molecule has 0 aliphatic carbocycles. The number of hydrogen-bond acceptors (Lipinski definition) is 3. The second kappa shape index (κ2) is 3.24. The first kappa shape index (κ1) is 9.98. The third-order valence-corrected chi connectivity index (χ3v) is 5.52. The van der Waals surface area contributed by atoms with Crippen LogP contribution in [0, 0.1) is 0 Å². The summed E-state index contributed by atoms with van der Waals surface area (Å²) in [7, 11) is -3.16. The number of sulfone groups is 1. The van der Waals surface area contributed by atoms with Gasteiger partial charge in [-0.05, 0) is 35.0 Å². The molecular formula is C9H10BrNO2S. The van der Waals surface area contributed by atoms with Gasteiger partial charge in [0.1, 0.15) is 4.90 Å². The van der Waals surface area contributed by atoms with Gasteiger partial charge in [0.2, 0.25) is 0 Å². The van der Waals surface area contributed by atoms with Gasteiger partial charge in [0.05, 0.1) is 10.9 Å². The lowest BCUT2D eigenvalue weighted by Gasteiger charge is -2.24.